The lowest BCUT2D eigenvalue weighted by Gasteiger charge is -2.19. The largest absolute Gasteiger partial charge is 0.481 e. The van der Waals surface area contributed by atoms with E-state index in [1.807, 2.05) is 90.4 Å². The van der Waals surface area contributed by atoms with Crippen LogP contribution in [0, 0.1) is 6.92 Å². The van der Waals surface area contributed by atoms with Crippen LogP contribution in [0.1, 0.15) is 54.2 Å². The second-order valence-corrected chi connectivity index (χ2v) is 11.2. The van der Waals surface area contributed by atoms with E-state index in [4.69, 9.17) is 10.1 Å². The lowest BCUT2D eigenvalue weighted by atomic mass is 9.86. The number of imidazole rings is 1. The molecule has 41 heavy (non-hydrogen) atoms. The van der Waals surface area contributed by atoms with Gasteiger partial charge in [-0.3, -0.25) is 9.59 Å². The van der Waals surface area contributed by atoms with Crippen LogP contribution in [0.15, 0.2) is 85.3 Å². The number of aryl methyl sites for hydroxylation is 2. The van der Waals surface area contributed by atoms with Crippen molar-refractivity contribution in [3.8, 4) is 11.3 Å². The van der Waals surface area contributed by atoms with Crippen molar-refractivity contribution in [1.82, 2.24) is 14.4 Å². The first-order valence-electron chi connectivity index (χ1n) is 13.5. The van der Waals surface area contributed by atoms with Gasteiger partial charge in [0.2, 0.25) is 0 Å². The maximum atomic E-state index is 13.1. The van der Waals surface area contributed by atoms with Gasteiger partial charge in [-0.2, -0.15) is 0 Å². The quantitative estimate of drug-likeness (QED) is 0.193. The average molecular weight is 548 g/mol. The zero-order chi connectivity index (χ0) is 29.1. The summed E-state index contributed by atoms with van der Waals surface area (Å²) in [6, 6.07) is 21.2. The molecule has 2 heterocycles. The number of rotatable bonds is 8. The van der Waals surface area contributed by atoms with Crippen LogP contribution in [-0.4, -0.2) is 31.4 Å². The molecular formula is C33H33N5O3. The first-order chi connectivity index (χ1) is 19.6. The number of anilines is 3. The fourth-order valence-corrected chi connectivity index (χ4v) is 4.58. The van der Waals surface area contributed by atoms with Crippen LogP contribution < -0.4 is 10.6 Å². The predicted molar refractivity (Wildman–Crippen MR) is 162 cm³/mol. The number of aliphatic carboxylic acids is 1. The van der Waals surface area contributed by atoms with Gasteiger partial charge in [-0.1, -0.05) is 57.2 Å². The predicted octanol–water partition coefficient (Wildman–Crippen LogP) is 7.02. The minimum Gasteiger partial charge on any atom is -0.481 e. The van der Waals surface area contributed by atoms with Crippen LogP contribution in [0.5, 0.6) is 0 Å². The van der Waals surface area contributed by atoms with Gasteiger partial charge in [0.1, 0.15) is 0 Å². The molecule has 0 fully saturated rings. The van der Waals surface area contributed by atoms with Gasteiger partial charge in [0, 0.05) is 47.5 Å². The highest BCUT2D eigenvalue weighted by Crippen LogP contribution is 2.29. The van der Waals surface area contributed by atoms with E-state index in [2.05, 4.69) is 36.4 Å². The van der Waals surface area contributed by atoms with Crippen molar-refractivity contribution in [3.05, 3.63) is 108 Å². The van der Waals surface area contributed by atoms with Gasteiger partial charge in [-0.15, -0.1) is 0 Å². The first kappa shape index (κ1) is 27.6. The monoisotopic (exact) mass is 547 g/mol. The Morgan fingerprint density at radius 3 is 2.51 bits per heavy atom. The van der Waals surface area contributed by atoms with Gasteiger partial charge < -0.3 is 20.1 Å². The fraction of sp³-hybridized carbons (Fsp3) is 0.212. The lowest BCUT2D eigenvalue weighted by molar-refractivity contribution is -0.136. The lowest BCUT2D eigenvalue weighted by Crippen LogP contribution is -2.15. The second-order valence-electron chi connectivity index (χ2n) is 11.2. The van der Waals surface area contributed by atoms with E-state index in [9.17, 15) is 9.59 Å². The van der Waals surface area contributed by atoms with Crippen LogP contribution in [0.2, 0.25) is 0 Å². The molecule has 3 aromatic carbocycles. The Kier molecular flexibility index (Phi) is 7.57. The van der Waals surface area contributed by atoms with Crippen LogP contribution in [0.4, 0.5) is 17.2 Å². The van der Waals surface area contributed by atoms with E-state index in [-0.39, 0.29) is 17.7 Å². The third kappa shape index (κ3) is 6.44. The van der Waals surface area contributed by atoms with E-state index < -0.39 is 5.97 Å². The first-order valence-corrected chi connectivity index (χ1v) is 13.5. The van der Waals surface area contributed by atoms with Crippen molar-refractivity contribution < 1.29 is 14.7 Å². The Labute approximate surface area is 239 Å². The number of carbonyl (C=O) groups excluding carboxylic acids is 1. The molecule has 1 amide bonds. The van der Waals surface area contributed by atoms with Crippen LogP contribution in [0.25, 0.3) is 16.9 Å². The summed E-state index contributed by atoms with van der Waals surface area (Å²) < 4.78 is 1.90. The average Bonchev–Trinajstić information content (AvgIpc) is 3.42. The normalized spacial score (nSPS) is 11.4. The molecule has 0 saturated carbocycles. The molecule has 0 aliphatic heterocycles. The zero-order valence-electron chi connectivity index (χ0n) is 23.6. The summed E-state index contributed by atoms with van der Waals surface area (Å²) >= 11 is 0. The highest BCUT2D eigenvalue weighted by atomic mass is 16.4. The van der Waals surface area contributed by atoms with E-state index in [1.54, 1.807) is 6.20 Å². The zero-order valence-corrected chi connectivity index (χ0v) is 23.6. The number of nitrogens with zero attached hydrogens (tertiary/aromatic N) is 3. The summed E-state index contributed by atoms with van der Waals surface area (Å²) in [6.45, 7) is 8.39. The van der Waals surface area contributed by atoms with Gasteiger partial charge in [0.05, 0.1) is 5.69 Å². The molecule has 0 unspecified atom stereocenters. The molecule has 0 aliphatic rings. The molecule has 5 aromatic rings. The van der Waals surface area contributed by atoms with Gasteiger partial charge in [-0.05, 0) is 65.8 Å². The number of amides is 1. The third-order valence-corrected chi connectivity index (χ3v) is 6.99. The molecule has 208 valence electrons. The minimum absolute atomic E-state index is 0.0140. The summed E-state index contributed by atoms with van der Waals surface area (Å²) in [5.41, 5.74) is 7.32. The van der Waals surface area contributed by atoms with Gasteiger partial charge >= 0.3 is 5.97 Å². The topological polar surface area (TPSA) is 109 Å². The molecule has 2 aromatic heterocycles. The molecule has 0 bridgehead atoms. The SMILES string of the molecule is Cc1ccc(-c2cn3ccnc3c(Nc3cccc(CCC(=O)O)c3)n2)cc1NC(=O)c1ccc(C(C)(C)C)cc1. The molecule has 0 aliphatic carbocycles. The summed E-state index contributed by atoms with van der Waals surface area (Å²) in [5.74, 6) is -0.439. The molecule has 5 rings (SSSR count). The van der Waals surface area contributed by atoms with Gasteiger partial charge in [0.15, 0.2) is 11.5 Å². The molecular weight excluding hydrogens is 514 g/mol. The molecule has 8 nitrogen and oxygen atoms in total. The summed E-state index contributed by atoms with van der Waals surface area (Å²) in [5, 5.41) is 15.5. The van der Waals surface area contributed by atoms with Gasteiger partial charge in [0.25, 0.3) is 5.91 Å². The number of fused-ring (bicyclic) bond motifs is 1. The smallest absolute Gasteiger partial charge is 0.303 e. The molecule has 8 heteroatoms. The Hall–Kier alpha value is -4.98. The summed E-state index contributed by atoms with van der Waals surface area (Å²) in [7, 11) is 0. The van der Waals surface area contributed by atoms with Crippen molar-refractivity contribution in [1.29, 1.82) is 0 Å². The van der Waals surface area contributed by atoms with Crippen molar-refractivity contribution >= 4 is 34.7 Å². The van der Waals surface area contributed by atoms with Crippen LogP contribution in [0.3, 0.4) is 0 Å². The number of carboxylic acids is 1. The Bertz CT molecular complexity index is 1730. The second kappa shape index (κ2) is 11.3. The van der Waals surface area contributed by atoms with Crippen LogP contribution in [-0.2, 0) is 16.6 Å². The van der Waals surface area contributed by atoms with Crippen molar-refractivity contribution in [2.24, 2.45) is 0 Å². The summed E-state index contributed by atoms with van der Waals surface area (Å²) in [6.07, 6.45) is 5.97. The summed E-state index contributed by atoms with van der Waals surface area (Å²) in [4.78, 5) is 33.4. The maximum absolute atomic E-state index is 13.1. The van der Waals surface area contributed by atoms with E-state index in [0.29, 0.717) is 34.8 Å². The Balaban J connectivity index is 1.42. The Morgan fingerprint density at radius 2 is 1.78 bits per heavy atom. The third-order valence-electron chi connectivity index (χ3n) is 6.99. The number of nitrogens with one attached hydrogen (secondary N) is 2. The highest BCUT2D eigenvalue weighted by Gasteiger charge is 2.16. The number of aromatic nitrogens is 3. The number of carboxylic acid groups (broad SMARTS) is 1. The number of benzene rings is 3. The van der Waals surface area contributed by atoms with E-state index in [1.165, 1.54) is 5.56 Å². The van der Waals surface area contributed by atoms with Gasteiger partial charge in [-0.25, -0.2) is 9.97 Å². The standard InChI is InChI=1S/C33H33N5O3/c1-21-8-10-24(19-27(21)37-32(41)23-11-13-25(14-12-23)33(2,3)4)28-20-38-17-16-34-31(38)30(36-28)35-26-7-5-6-22(18-26)9-15-29(39)40/h5-8,10-14,16-20H,9,15H2,1-4H3,(H,35,36)(H,37,41)(H,39,40). The van der Waals surface area contributed by atoms with Crippen LogP contribution >= 0.6 is 0 Å². The number of hydrogen-bond acceptors (Lipinski definition) is 5. The fourth-order valence-electron chi connectivity index (χ4n) is 4.58. The maximum Gasteiger partial charge on any atom is 0.303 e. The molecule has 3 N–H and O–H groups in total. The molecule has 0 spiro atoms. The van der Waals surface area contributed by atoms with E-state index in [0.717, 1.165) is 22.4 Å². The molecule has 0 atom stereocenters. The van der Waals surface area contributed by atoms with E-state index >= 15 is 0 Å². The molecule has 0 saturated heterocycles. The minimum atomic E-state index is -0.830. The molecule has 0 radical (unpaired) electrons. The van der Waals surface area contributed by atoms with Crippen molar-refractivity contribution in [2.75, 3.05) is 10.6 Å². The van der Waals surface area contributed by atoms with Crippen molar-refractivity contribution in [2.45, 2.75) is 46.0 Å². The highest BCUT2D eigenvalue weighted by molar-refractivity contribution is 6.05. The van der Waals surface area contributed by atoms with Crippen molar-refractivity contribution in [3.63, 3.8) is 0 Å². The number of hydrogen-bond donors (Lipinski definition) is 3. The Morgan fingerprint density at radius 1 is 1.00 bits per heavy atom. The number of carbonyl (C=O) groups is 2.